The van der Waals surface area contributed by atoms with Gasteiger partial charge in [-0.2, -0.15) is 0 Å². The number of nitrogens with two attached hydrogens (primary N) is 2. The van der Waals surface area contributed by atoms with Gasteiger partial charge in [0, 0.05) is 20.3 Å². The molecule has 20 heavy (non-hydrogen) atoms. The molecule has 114 valence electrons. The van der Waals surface area contributed by atoms with E-state index in [9.17, 15) is 4.79 Å². The molecule has 0 aliphatic heterocycles. The molecule has 0 fully saturated rings. The number of carbonyl (C=O) groups excluding carboxylic acids is 1. The number of methoxy groups -OCH3 is 2. The Morgan fingerprint density at radius 2 is 2.05 bits per heavy atom. The maximum atomic E-state index is 11.2. The van der Waals surface area contributed by atoms with E-state index < -0.39 is 5.91 Å². The van der Waals surface area contributed by atoms with E-state index in [0.29, 0.717) is 42.0 Å². The summed E-state index contributed by atoms with van der Waals surface area (Å²) in [7, 11) is 3.14. The fourth-order valence-electron chi connectivity index (χ4n) is 1.55. The van der Waals surface area contributed by atoms with Gasteiger partial charge in [-0.15, -0.1) is 11.3 Å². The average molecular weight is 303 g/mol. The van der Waals surface area contributed by atoms with Crippen LogP contribution in [0.1, 0.15) is 16.1 Å². The summed E-state index contributed by atoms with van der Waals surface area (Å²) in [6.45, 7) is 2.48. The Balaban J connectivity index is 2.43. The van der Waals surface area contributed by atoms with Crippen molar-refractivity contribution in [2.75, 3.05) is 51.6 Å². The zero-order chi connectivity index (χ0) is 15.0. The predicted molar refractivity (Wildman–Crippen MR) is 79.6 cm³/mol. The Morgan fingerprint density at radius 3 is 2.65 bits per heavy atom. The second kappa shape index (κ2) is 8.62. The van der Waals surface area contributed by atoms with Gasteiger partial charge in [0.05, 0.1) is 20.3 Å². The first-order valence-electron chi connectivity index (χ1n) is 6.18. The standard InChI is InChI=1S/C12H21N3O4S/c1-17-6-7-19-5-3-4-15-12-9(18-2)8(13)10(20-12)11(14)16/h15H,3-7,13H2,1-2H3,(H2,14,16). The smallest absolute Gasteiger partial charge is 0.261 e. The quantitative estimate of drug-likeness (QED) is 0.554. The van der Waals surface area contributed by atoms with E-state index in [-0.39, 0.29) is 5.69 Å². The van der Waals surface area contributed by atoms with Crippen LogP contribution in [0, 0.1) is 0 Å². The van der Waals surface area contributed by atoms with E-state index in [1.54, 1.807) is 7.11 Å². The highest BCUT2D eigenvalue weighted by molar-refractivity contribution is 7.19. The largest absolute Gasteiger partial charge is 0.492 e. The summed E-state index contributed by atoms with van der Waals surface area (Å²) in [4.78, 5) is 11.5. The lowest BCUT2D eigenvalue weighted by molar-refractivity contribution is 0.0705. The van der Waals surface area contributed by atoms with Crippen molar-refractivity contribution in [1.29, 1.82) is 0 Å². The number of anilines is 2. The van der Waals surface area contributed by atoms with Crippen molar-refractivity contribution in [2.45, 2.75) is 6.42 Å². The van der Waals surface area contributed by atoms with Gasteiger partial charge in [-0.05, 0) is 6.42 Å². The van der Waals surface area contributed by atoms with Crippen molar-refractivity contribution in [3.8, 4) is 5.75 Å². The van der Waals surface area contributed by atoms with Gasteiger partial charge in [-0.3, -0.25) is 4.79 Å². The monoisotopic (exact) mass is 303 g/mol. The summed E-state index contributed by atoms with van der Waals surface area (Å²) in [6, 6.07) is 0. The van der Waals surface area contributed by atoms with Crippen molar-refractivity contribution in [3.05, 3.63) is 4.88 Å². The first-order chi connectivity index (χ1) is 9.61. The molecule has 0 radical (unpaired) electrons. The molecule has 0 aromatic carbocycles. The number of primary amides is 1. The first-order valence-corrected chi connectivity index (χ1v) is 7.00. The molecule has 0 aliphatic carbocycles. The van der Waals surface area contributed by atoms with Crippen LogP contribution in [0.2, 0.25) is 0 Å². The van der Waals surface area contributed by atoms with Gasteiger partial charge >= 0.3 is 0 Å². The van der Waals surface area contributed by atoms with Crippen LogP contribution in [0.4, 0.5) is 10.7 Å². The van der Waals surface area contributed by atoms with E-state index in [1.165, 1.54) is 18.4 Å². The number of rotatable bonds is 10. The highest BCUT2D eigenvalue weighted by Crippen LogP contribution is 2.42. The van der Waals surface area contributed by atoms with Gasteiger partial charge in [0.1, 0.15) is 15.6 Å². The molecule has 1 amide bonds. The van der Waals surface area contributed by atoms with Crippen LogP contribution < -0.4 is 21.5 Å². The lowest BCUT2D eigenvalue weighted by atomic mass is 10.3. The second-order valence-corrected chi connectivity index (χ2v) is 4.98. The van der Waals surface area contributed by atoms with Gasteiger partial charge in [0.15, 0.2) is 5.75 Å². The number of nitrogen functional groups attached to an aromatic ring is 1. The molecular weight excluding hydrogens is 282 g/mol. The van der Waals surface area contributed by atoms with Crippen molar-refractivity contribution < 1.29 is 19.0 Å². The molecule has 5 N–H and O–H groups in total. The van der Waals surface area contributed by atoms with E-state index >= 15 is 0 Å². The van der Waals surface area contributed by atoms with Gasteiger partial charge in [0.25, 0.3) is 5.91 Å². The third-order valence-corrected chi connectivity index (χ3v) is 3.67. The number of carbonyl (C=O) groups is 1. The maximum Gasteiger partial charge on any atom is 0.261 e. The number of hydrogen-bond donors (Lipinski definition) is 3. The zero-order valence-corrected chi connectivity index (χ0v) is 12.5. The van der Waals surface area contributed by atoms with Crippen LogP contribution in [0.5, 0.6) is 5.75 Å². The lowest BCUT2D eigenvalue weighted by Gasteiger charge is -2.07. The second-order valence-electron chi connectivity index (χ2n) is 3.96. The van der Waals surface area contributed by atoms with Crippen molar-refractivity contribution in [2.24, 2.45) is 5.73 Å². The Morgan fingerprint density at radius 1 is 1.30 bits per heavy atom. The fraction of sp³-hybridized carbons (Fsp3) is 0.583. The Labute approximate surface area is 122 Å². The first kappa shape index (κ1) is 16.5. The Hall–Kier alpha value is -1.51. The van der Waals surface area contributed by atoms with Crippen molar-refractivity contribution >= 4 is 27.9 Å². The summed E-state index contributed by atoms with van der Waals surface area (Å²) in [5.41, 5.74) is 11.3. The summed E-state index contributed by atoms with van der Waals surface area (Å²) in [5, 5.41) is 3.87. The van der Waals surface area contributed by atoms with E-state index in [2.05, 4.69) is 5.32 Å². The van der Waals surface area contributed by atoms with Crippen LogP contribution in [-0.2, 0) is 9.47 Å². The summed E-state index contributed by atoms with van der Waals surface area (Å²) >= 11 is 1.19. The minimum absolute atomic E-state index is 0.281. The van der Waals surface area contributed by atoms with Crippen molar-refractivity contribution in [1.82, 2.24) is 0 Å². The minimum Gasteiger partial charge on any atom is -0.492 e. The Bertz CT molecular complexity index is 437. The lowest BCUT2D eigenvalue weighted by Crippen LogP contribution is -2.10. The molecule has 1 rings (SSSR count). The number of hydrogen-bond acceptors (Lipinski definition) is 7. The highest BCUT2D eigenvalue weighted by Gasteiger charge is 2.19. The van der Waals surface area contributed by atoms with Crippen LogP contribution in [0.25, 0.3) is 0 Å². The molecule has 8 heteroatoms. The molecule has 0 aliphatic rings. The molecule has 7 nitrogen and oxygen atoms in total. The Kier molecular flexibility index (Phi) is 7.13. The van der Waals surface area contributed by atoms with E-state index in [1.807, 2.05) is 0 Å². The van der Waals surface area contributed by atoms with E-state index in [0.717, 1.165) is 6.42 Å². The third-order valence-electron chi connectivity index (χ3n) is 2.51. The number of amides is 1. The maximum absolute atomic E-state index is 11.2. The van der Waals surface area contributed by atoms with Crippen LogP contribution in [-0.4, -0.2) is 46.5 Å². The molecule has 0 saturated heterocycles. The van der Waals surface area contributed by atoms with Crippen LogP contribution in [0.3, 0.4) is 0 Å². The predicted octanol–water partition coefficient (Wildman–Crippen LogP) is 0.903. The molecule has 0 atom stereocenters. The van der Waals surface area contributed by atoms with Crippen LogP contribution in [0.15, 0.2) is 0 Å². The molecular formula is C12H21N3O4S. The SMILES string of the molecule is COCCOCCCNc1sc(C(N)=O)c(N)c1OC. The number of thiophene rings is 1. The normalized spacial score (nSPS) is 10.5. The summed E-state index contributed by atoms with van der Waals surface area (Å²) in [6.07, 6.45) is 0.816. The van der Waals surface area contributed by atoms with Gasteiger partial charge in [0.2, 0.25) is 0 Å². The number of nitrogens with one attached hydrogen (secondary N) is 1. The molecule has 1 aromatic rings. The van der Waals surface area contributed by atoms with Gasteiger partial charge < -0.3 is 31.0 Å². The van der Waals surface area contributed by atoms with Crippen LogP contribution >= 0.6 is 11.3 Å². The molecule has 0 unspecified atom stereocenters. The zero-order valence-electron chi connectivity index (χ0n) is 11.7. The molecule has 0 saturated carbocycles. The average Bonchev–Trinajstić information content (AvgIpc) is 2.74. The van der Waals surface area contributed by atoms with Crippen molar-refractivity contribution in [3.63, 3.8) is 0 Å². The molecule has 1 heterocycles. The molecule has 0 spiro atoms. The molecule has 0 bridgehead atoms. The topological polar surface area (TPSA) is 109 Å². The third kappa shape index (κ3) is 4.55. The summed E-state index contributed by atoms with van der Waals surface area (Å²) in [5.74, 6) is -0.0918. The van der Waals surface area contributed by atoms with Gasteiger partial charge in [-0.1, -0.05) is 0 Å². The fourth-order valence-corrected chi connectivity index (χ4v) is 2.52. The molecule has 1 aromatic heterocycles. The minimum atomic E-state index is -0.554. The highest BCUT2D eigenvalue weighted by atomic mass is 32.1. The van der Waals surface area contributed by atoms with Gasteiger partial charge in [-0.25, -0.2) is 0 Å². The summed E-state index contributed by atoms with van der Waals surface area (Å²) < 4.78 is 15.4. The number of ether oxygens (including phenoxy) is 3. The van der Waals surface area contributed by atoms with E-state index in [4.69, 9.17) is 25.7 Å².